The fourth-order valence-electron chi connectivity index (χ4n) is 0.946. The Kier molecular flexibility index (Phi) is 4.53. The molecular weight excluding hydrogens is 268 g/mol. The van der Waals surface area contributed by atoms with Gasteiger partial charge in [-0.1, -0.05) is 34.7 Å². The molecule has 0 atom stereocenters. The largest absolute Gasteiger partial charge is 0.312 e. The second-order valence-corrected chi connectivity index (χ2v) is 3.57. The summed E-state index contributed by atoms with van der Waals surface area (Å²) in [5.41, 5.74) is 1.000. The SMILES string of the molecule is Fc1cccc(CNCCI)c1. The first-order valence-corrected chi connectivity index (χ1v) is 5.36. The molecule has 0 heterocycles. The van der Waals surface area contributed by atoms with E-state index >= 15 is 0 Å². The van der Waals surface area contributed by atoms with Crippen LogP contribution in [0, 0.1) is 5.82 Å². The molecule has 12 heavy (non-hydrogen) atoms. The zero-order chi connectivity index (χ0) is 8.81. The monoisotopic (exact) mass is 279 g/mol. The third kappa shape index (κ3) is 3.49. The van der Waals surface area contributed by atoms with Gasteiger partial charge < -0.3 is 5.32 Å². The summed E-state index contributed by atoms with van der Waals surface area (Å²) in [5.74, 6) is -0.163. The molecule has 0 saturated carbocycles. The van der Waals surface area contributed by atoms with Crippen LogP contribution in [0.2, 0.25) is 0 Å². The van der Waals surface area contributed by atoms with Gasteiger partial charge in [0.05, 0.1) is 0 Å². The quantitative estimate of drug-likeness (QED) is 0.507. The van der Waals surface area contributed by atoms with Crippen molar-refractivity contribution in [3.8, 4) is 0 Å². The highest BCUT2D eigenvalue weighted by molar-refractivity contribution is 14.1. The van der Waals surface area contributed by atoms with E-state index in [4.69, 9.17) is 0 Å². The maximum absolute atomic E-state index is 12.6. The second kappa shape index (κ2) is 5.48. The van der Waals surface area contributed by atoms with Crippen LogP contribution < -0.4 is 5.32 Å². The lowest BCUT2D eigenvalue weighted by molar-refractivity contribution is 0.622. The lowest BCUT2D eigenvalue weighted by atomic mass is 10.2. The average Bonchev–Trinajstić information content (AvgIpc) is 2.05. The van der Waals surface area contributed by atoms with Crippen molar-refractivity contribution in [2.24, 2.45) is 0 Å². The van der Waals surface area contributed by atoms with Crippen molar-refractivity contribution in [1.29, 1.82) is 0 Å². The van der Waals surface area contributed by atoms with Crippen molar-refractivity contribution in [3.05, 3.63) is 35.6 Å². The Labute approximate surface area is 85.5 Å². The van der Waals surface area contributed by atoms with Crippen molar-refractivity contribution in [3.63, 3.8) is 0 Å². The van der Waals surface area contributed by atoms with Gasteiger partial charge in [-0.05, 0) is 17.7 Å². The predicted octanol–water partition coefficient (Wildman–Crippen LogP) is 2.35. The Balaban J connectivity index is 2.41. The fourth-order valence-corrected chi connectivity index (χ4v) is 1.33. The average molecular weight is 279 g/mol. The summed E-state index contributed by atoms with van der Waals surface area (Å²) in [4.78, 5) is 0. The summed E-state index contributed by atoms with van der Waals surface area (Å²) < 4.78 is 13.7. The highest BCUT2D eigenvalue weighted by Gasteiger charge is 1.93. The Bertz CT molecular complexity index is 240. The molecule has 3 heteroatoms. The summed E-state index contributed by atoms with van der Waals surface area (Å²) in [6.07, 6.45) is 0. The second-order valence-electron chi connectivity index (χ2n) is 2.50. The van der Waals surface area contributed by atoms with E-state index < -0.39 is 0 Å². The maximum Gasteiger partial charge on any atom is 0.123 e. The van der Waals surface area contributed by atoms with Crippen LogP contribution in [-0.2, 0) is 6.54 Å². The van der Waals surface area contributed by atoms with Crippen LogP contribution >= 0.6 is 22.6 Å². The van der Waals surface area contributed by atoms with Crippen molar-refractivity contribution in [2.75, 3.05) is 11.0 Å². The number of hydrogen-bond acceptors (Lipinski definition) is 1. The minimum absolute atomic E-state index is 0.163. The first-order chi connectivity index (χ1) is 5.83. The molecule has 1 nitrogen and oxygen atoms in total. The first-order valence-electron chi connectivity index (χ1n) is 3.84. The molecule has 0 aliphatic heterocycles. The summed E-state index contributed by atoms with van der Waals surface area (Å²) in [5, 5.41) is 3.20. The molecule has 1 aromatic rings. The van der Waals surface area contributed by atoms with Crippen LogP contribution in [0.4, 0.5) is 4.39 Å². The third-order valence-corrected chi connectivity index (χ3v) is 2.03. The van der Waals surface area contributed by atoms with Gasteiger partial charge >= 0.3 is 0 Å². The zero-order valence-corrected chi connectivity index (χ0v) is 8.84. The Morgan fingerprint density at radius 1 is 1.42 bits per heavy atom. The Hall–Kier alpha value is -0.160. The van der Waals surface area contributed by atoms with Gasteiger partial charge in [0.1, 0.15) is 5.82 Å². The van der Waals surface area contributed by atoms with Gasteiger partial charge in [-0.15, -0.1) is 0 Å². The highest BCUT2D eigenvalue weighted by atomic mass is 127. The number of hydrogen-bond donors (Lipinski definition) is 1. The molecular formula is C9H11FIN. The van der Waals surface area contributed by atoms with Crippen molar-refractivity contribution in [1.82, 2.24) is 5.32 Å². The highest BCUT2D eigenvalue weighted by Crippen LogP contribution is 2.02. The molecule has 0 bridgehead atoms. The lowest BCUT2D eigenvalue weighted by Crippen LogP contribution is -2.15. The van der Waals surface area contributed by atoms with Crippen LogP contribution in [-0.4, -0.2) is 11.0 Å². The van der Waals surface area contributed by atoms with Crippen molar-refractivity contribution in [2.45, 2.75) is 6.54 Å². The Morgan fingerprint density at radius 3 is 2.92 bits per heavy atom. The zero-order valence-electron chi connectivity index (χ0n) is 6.69. The lowest BCUT2D eigenvalue weighted by Gasteiger charge is -2.01. The van der Waals surface area contributed by atoms with Gasteiger partial charge in [-0.2, -0.15) is 0 Å². The number of halogens is 2. The maximum atomic E-state index is 12.6. The molecule has 0 aromatic heterocycles. The smallest absolute Gasteiger partial charge is 0.123 e. The van der Waals surface area contributed by atoms with Crippen molar-refractivity contribution < 1.29 is 4.39 Å². The van der Waals surface area contributed by atoms with Crippen LogP contribution in [0.25, 0.3) is 0 Å². The first kappa shape index (κ1) is 9.92. The summed E-state index contributed by atoms with van der Waals surface area (Å²) in [6.45, 7) is 1.72. The molecule has 1 N–H and O–H groups in total. The van der Waals surface area contributed by atoms with E-state index in [1.807, 2.05) is 6.07 Å². The van der Waals surface area contributed by atoms with E-state index in [0.717, 1.165) is 23.1 Å². The Morgan fingerprint density at radius 2 is 2.25 bits per heavy atom. The predicted molar refractivity (Wildman–Crippen MR) is 57.0 cm³/mol. The van der Waals surface area contributed by atoms with E-state index in [1.54, 1.807) is 12.1 Å². The molecule has 0 saturated heterocycles. The van der Waals surface area contributed by atoms with Gasteiger partial charge in [0, 0.05) is 17.5 Å². The van der Waals surface area contributed by atoms with Crippen molar-refractivity contribution >= 4 is 22.6 Å². The third-order valence-electron chi connectivity index (χ3n) is 1.49. The summed E-state index contributed by atoms with van der Waals surface area (Å²) in [7, 11) is 0. The fraction of sp³-hybridized carbons (Fsp3) is 0.333. The number of rotatable bonds is 4. The van der Waals surface area contributed by atoms with Crippen LogP contribution in [0.15, 0.2) is 24.3 Å². The molecule has 0 amide bonds. The van der Waals surface area contributed by atoms with Gasteiger partial charge in [-0.25, -0.2) is 4.39 Å². The minimum atomic E-state index is -0.163. The van der Waals surface area contributed by atoms with E-state index in [2.05, 4.69) is 27.9 Å². The normalized spacial score (nSPS) is 10.2. The number of alkyl halides is 1. The molecule has 0 unspecified atom stereocenters. The molecule has 0 aliphatic rings. The van der Waals surface area contributed by atoms with Gasteiger partial charge in [-0.3, -0.25) is 0 Å². The van der Waals surface area contributed by atoms with Gasteiger partial charge in [0.2, 0.25) is 0 Å². The topological polar surface area (TPSA) is 12.0 Å². The molecule has 1 aromatic carbocycles. The van der Waals surface area contributed by atoms with Crippen LogP contribution in [0.3, 0.4) is 0 Å². The van der Waals surface area contributed by atoms with Gasteiger partial charge in [0.25, 0.3) is 0 Å². The van der Waals surface area contributed by atoms with Crippen LogP contribution in [0.1, 0.15) is 5.56 Å². The van der Waals surface area contributed by atoms with E-state index in [-0.39, 0.29) is 5.82 Å². The molecule has 66 valence electrons. The van der Waals surface area contributed by atoms with Gasteiger partial charge in [0.15, 0.2) is 0 Å². The molecule has 0 fully saturated rings. The molecule has 0 radical (unpaired) electrons. The number of nitrogens with one attached hydrogen (secondary N) is 1. The summed E-state index contributed by atoms with van der Waals surface area (Å²) in [6, 6.07) is 6.67. The molecule has 0 aliphatic carbocycles. The summed E-state index contributed by atoms with van der Waals surface area (Å²) >= 11 is 2.30. The standard InChI is InChI=1S/C9H11FIN/c10-9-3-1-2-8(6-9)7-12-5-4-11/h1-3,6,12H,4-5,7H2. The minimum Gasteiger partial charge on any atom is -0.312 e. The number of benzene rings is 1. The molecule has 1 rings (SSSR count). The van der Waals surface area contributed by atoms with Crippen LogP contribution in [0.5, 0.6) is 0 Å². The van der Waals surface area contributed by atoms with E-state index in [1.165, 1.54) is 6.07 Å². The molecule has 0 spiro atoms. The van der Waals surface area contributed by atoms with E-state index in [0.29, 0.717) is 0 Å². The van der Waals surface area contributed by atoms with E-state index in [9.17, 15) is 4.39 Å².